The van der Waals surface area contributed by atoms with E-state index in [-0.39, 0.29) is 11.3 Å². The smallest absolute Gasteiger partial charge is 0.268 e. The molecule has 1 amide bonds. The summed E-state index contributed by atoms with van der Waals surface area (Å²) in [6.45, 7) is 5.82. The van der Waals surface area contributed by atoms with Crippen LogP contribution >= 0.6 is 0 Å². The van der Waals surface area contributed by atoms with Crippen molar-refractivity contribution >= 4 is 11.6 Å². The monoisotopic (exact) mass is 263 g/mol. The van der Waals surface area contributed by atoms with Crippen molar-refractivity contribution < 1.29 is 4.79 Å². The summed E-state index contributed by atoms with van der Waals surface area (Å²) in [5.74, 6) is -0.00894. The molecule has 1 aliphatic carbocycles. The van der Waals surface area contributed by atoms with E-state index < -0.39 is 0 Å². The maximum atomic E-state index is 12.2. The topological polar surface area (TPSA) is 60.0 Å². The second kappa shape index (κ2) is 5.68. The maximum absolute atomic E-state index is 12.2. The van der Waals surface area contributed by atoms with Gasteiger partial charge in [0.1, 0.15) is 5.69 Å². The van der Waals surface area contributed by atoms with E-state index in [2.05, 4.69) is 12.2 Å². The van der Waals surface area contributed by atoms with Gasteiger partial charge in [-0.2, -0.15) is 0 Å². The molecule has 19 heavy (non-hydrogen) atoms. The molecule has 0 aliphatic heterocycles. The lowest BCUT2D eigenvalue weighted by atomic mass is 9.76. The lowest BCUT2D eigenvalue weighted by Gasteiger charge is -2.33. The van der Waals surface area contributed by atoms with Crippen molar-refractivity contribution in [2.24, 2.45) is 5.41 Å². The van der Waals surface area contributed by atoms with Crippen LogP contribution in [-0.4, -0.2) is 17.0 Å². The van der Waals surface area contributed by atoms with Gasteiger partial charge >= 0.3 is 0 Å². The number of amides is 1. The van der Waals surface area contributed by atoms with Gasteiger partial charge < -0.3 is 15.6 Å². The predicted molar refractivity (Wildman–Crippen MR) is 78.0 cm³/mol. The number of aryl methyl sites for hydroxylation is 1. The van der Waals surface area contributed by atoms with Gasteiger partial charge in [0, 0.05) is 19.3 Å². The minimum absolute atomic E-state index is 0.00894. The van der Waals surface area contributed by atoms with E-state index >= 15 is 0 Å². The summed E-state index contributed by atoms with van der Waals surface area (Å²) in [4.78, 5) is 12.2. The normalized spacial score (nSPS) is 18.2. The first-order chi connectivity index (χ1) is 9.04. The molecule has 0 spiro atoms. The minimum atomic E-state index is -0.00894. The summed E-state index contributed by atoms with van der Waals surface area (Å²) in [7, 11) is 0. The summed E-state index contributed by atoms with van der Waals surface area (Å²) >= 11 is 0. The molecule has 1 aromatic heterocycles. The zero-order chi connectivity index (χ0) is 13.9. The molecule has 4 nitrogen and oxygen atoms in total. The Hall–Kier alpha value is -1.45. The zero-order valence-corrected chi connectivity index (χ0v) is 12.0. The zero-order valence-electron chi connectivity index (χ0n) is 12.0. The summed E-state index contributed by atoms with van der Waals surface area (Å²) < 4.78 is 1.90. The summed E-state index contributed by atoms with van der Waals surface area (Å²) in [5, 5.41) is 3.08. The highest BCUT2D eigenvalue weighted by Gasteiger charge is 2.27. The van der Waals surface area contributed by atoms with Crippen LogP contribution in [0.15, 0.2) is 12.3 Å². The molecule has 0 radical (unpaired) electrons. The number of aromatic nitrogens is 1. The Kier molecular flexibility index (Phi) is 4.17. The largest absolute Gasteiger partial charge is 0.397 e. The van der Waals surface area contributed by atoms with Crippen molar-refractivity contribution in [1.29, 1.82) is 0 Å². The molecule has 1 aromatic rings. The van der Waals surface area contributed by atoms with Crippen LogP contribution in [0.25, 0.3) is 0 Å². The Labute approximate surface area is 115 Å². The van der Waals surface area contributed by atoms with Crippen molar-refractivity contribution in [2.75, 3.05) is 12.3 Å². The third-order valence-corrected chi connectivity index (χ3v) is 4.23. The average molecular weight is 263 g/mol. The van der Waals surface area contributed by atoms with E-state index in [0.29, 0.717) is 11.4 Å². The van der Waals surface area contributed by atoms with E-state index in [1.807, 2.05) is 17.7 Å². The second-order valence-corrected chi connectivity index (χ2v) is 6.00. The molecule has 1 saturated carbocycles. The highest BCUT2D eigenvalue weighted by molar-refractivity contribution is 5.93. The van der Waals surface area contributed by atoms with Crippen molar-refractivity contribution in [2.45, 2.75) is 52.5 Å². The molecule has 1 heterocycles. The van der Waals surface area contributed by atoms with Crippen LogP contribution in [0.2, 0.25) is 0 Å². The van der Waals surface area contributed by atoms with Crippen LogP contribution in [0.5, 0.6) is 0 Å². The number of nitrogens with two attached hydrogens (primary N) is 1. The van der Waals surface area contributed by atoms with Crippen molar-refractivity contribution in [3.05, 3.63) is 18.0 Å². The first kappa shape index (κ1) is 14.0. The predicted octanol–water partition coefficient (Wildman–Crippen LogP) is 2.79. The molecule has 4 heteroatoms. The Bertz CT molecular complexity index is 444. The van der Waals surface area contributed by atoms with Crippen molar-refractivity contribution in [3.63, 3.8) is 0 Å². The van der Waals surface area contributed by atoms with Crippen LogP contribution in [-0.2, 0) is 6.54 Å². The van der Waals surface area contributed by atoms with Gasteiger partial charge in [0.2, 0.25) is 0 Å². The molecule has 0 unspecified atom stereocenters. The van der Waals surface area contributed by atoms with Gasteiger partial charge in [0.05, 0.1) is 5.69 Å². The molecule has 0 bridgehead atoms. The molecule has 2 rings (SSSR count). The van der Waals surface area contributed by atoms with E-state index in [0.717, 1.165) is 13.1 Å². The highest BCUT2D eigenvalue weighted by Crippen LogP contribution is 2.34. The van der Waals surface area contributed by atoms with Crippen LogP contribution < -0.4 is 11.1 Å². The molecule has 1 fully saturated rings. The van der Waals surface area contributed by atoms with Crippen LogP contribution in [0, 0.1) is 5.41 Å². The third kappa shape index (κ3) is 3.31. The molecule has 0 atom stereocenters. The van der Waals surface area contributed by atoms with Gasteiger partial charge in [-0.15, -0.1) is 0 Å². The molecule has 0 saturated heterocycles. The number of carbonyl (C=O) groups excluding carboxylic acids is 1. The number of hydrogen-bond acceptors (Lipinski definition) is 2. The first-order valence-corrected chi connectivity index (χ1v) is 7.28. The lowest BCUT2D eigenvalue weighted by Crippen LogP contribution is -2.37. The maximum Gasteiger partial charge on any atom is 0.268 e. The number of nitrogens with one attached hydrogen (secondary N) is 1. The molecule has 1 aliphatic rings. The molecule has 3 N–H and O–H groups in total. The van der Waals surface area contributed by atoms with Gasteiger partial charge in [-0.05, 0) is 31.2 Å². The van der Waals surface area contributed by atoms with Crippen LogP contribution in [0.3, 0.4) is 0 Å². The van der Waals surface area contributed by atoms with Crippen molar-refractivity contribution in [3.8, 4) is 0 Å². The van der Waals surface area contributed by atoms with Gasteiger partial charge in [-0.25, -0.2) is 0 Å². The number of carbonyl (C=O) groups is 1. The number of nitrogens with zero attached hydrogens (tertiary/aromatic N) is 1. The van der Waals surface area contributed by atoms with Gasteiger partial charge in [0.15, 0.2) is 0 Å². The van der Waals surface area contributed by atoms with Crippen LogP contribution in [0.4, 0.5) is 5.69 Å². The van der Waals surface area contributed by atoms with Crippen LogP contribution in [0.1, 0.15) is 56.4 Å². The fourth-order valence-electron chi connectivity index (χ4n) is 2.95. The Morgan fingerprint density at radius 3 is 2.74 bits per heavy atom. The summed E-state index contributed by atoms with van der Waals surface area (Å²) in [6.07, 6.45) is 8.14. The number of anilines is 1. The average Bonchev–Trinajstić information content (AvgIpc) is 2.78. The number of rotatable bonds is 4. The lowest BCUT2D eigenvalue weighted by molar-refractivity contribution is 0.0910. The Morgan fingerprint density at radius 2 is 2.11 bits per heavy atom. The van der Waals surface area contributed by atoms with Gasteiger partial charge in [-0.1, -0.05) is 26.2 Å². The van der Waals surface area contributed by atoms with Gasteiger partial charge in [-0.3, -0.25) is 4.79 Å². The molecular formula is C15H25N3O. The highest BCUT2D eigenvalue weighted by atomic mass is 16.1. The minimum Gasteiger partial charge on any atom is -0.397 e. The van der Waals surface area contributed by atoms with E-state index in [1.54, 1.807) is 6.07 Å². The van der Waals surface area contributed by atoms with Gasteiger partial charge in [0.25, 0.3) is 5.91 Å². The first-order valence-electron chi connectivity index (χ1n) is 7.28. The molecular weight excluding hydrogens is 238 g/mol. The van der Waals surface area contributed by atoms with E-state index in [4.69, 9.17) is 5.73 Å². The standard InChI is InChI=1S/C15H25N3O/c1-3-18-10-12(16)9-13(18)14(19)17-11-15(2)7-5-4-6-8-15/h9-10H,3-8,11,16H2,1-2H3,(H,17,19). The Morgan fingerprint density at radius 1 is 1.42 bits per heavy atom. The number of hydrogen-bond donors (Lipinski definition) is 2. The Balaban J connectivity index is 1.97. The quantitative estimate of drug-likeness (QED) is 0.877. The number of nitrogen functional groups attached to an aromatic ring is 1. The van der Waals surface area contributed by atoms with Crippen molar-refractivity contribution in [1.82, 2.24) is 9.88 Å². The fraction of sp³-hybridized carbons (Fsp3) is 0.667. The summed E-state index contributed by atoms with van der Waals surface area (Å²) in [5.41, 5.74) is 7.34. The van der Waals surface area contributed by atoms with E-state index in [1.165, 1.54) is 32.1 Å². The SMILES string of the molecule is CCn1cc(N)cc1C(=O)NCC1(C)CCCCC1. The second-order valence-electron chi connectivity index (χ2n) is 6.00. The summed E-state index contributed by atoms with van der Waals surface area (Å²) in [6, 6.07) is 1.75. The van der Waals surface area contributed by atoms with E-state index in [9.17, 15) is 4.79 Å². The molecule has 0 aromatic carbocycles. The third-order valence-electron chi connectivity index (χ3n) is 4.23. The molecule has 106 valence electrons. The fourth-order valence-corrected chi connectivity index (χ4v) is 2.95.